The van der Waals surface area contributed by atoms with Crippen LogP contribution in [0.25, 0.3) is 10.2 Å². The van der Waals surface area contributed by atoms with Gasteiger partial charge in [0.1, 0.15) is 15.8 Å². The molecule has 43 heavy (non-hydrogen) atoms. The number of likely N-dealkylation sites (N-methyl/N-ethyl adjacent to an activating group) is 2. The second-order valence-corrected chi connectivity index (χ2v) is 13.4. The standard InChI is InChI=1S/C30H34N4O7S2/c1-15-16(2)25(37)23(17(3)24(15)36)30(4,5)13-22(35)33(6)10-11-34(7)29(40)41-18-8-9-19-21(12-18)43-27(31-19)26-32-20(14-42-26)28(38)39/h8-9,12,20H,10-11,13-14H2,1-7H3,(H,38,39)/t20-/m1/s1. The van der Waals surface area contributed by atoms with Crippen LogP contribution in [0.2, 0.25) is 0 Å². The maximum absolute atomic E-state index is 13.1. The molecule has 0 radical (unpaired) electrons. The van der Waals surface area contributed by atoms with E-state index in [1.807, 2.05) is 0 Å². The number of hydrogen-bond donors (Lipinski definition) is 1. The molecule has 2 aromatic rings. The number of fused-ring (bicyclic) bond motifs is 1. The zero-order valence-corrected chi connectivity index (χ0v) is 26.8. The molecule has 2 amide bonds. The van der Waals surface area contributed by atoms with Crippen molar-refractivity contribution in [3.05, 3.63) is 45.5 Å². The van der Waals surface area contributed by atoms with Gasteiger partial charge in [0, 0.05) is 73.1 Å². The first-order chi connectivity index (χ1) is 20.1. The number of ketones is 2. The van der Waals surface area contributed by atoms with Gasteiger partial charge >= 0.3 is 12.1 Å². The van der Waals surface area contributed by atoms with Crippen molar-refractivity contribution >= 4 is 67.9 Å². The topological polar surface area (TPSA) is 147 Å². The number of aliphatic carboxylic acids is 1. The summed E-state index contributed by atoms with van der Waals surface area (Å²) in [5.41, 5.74) is 1.42. The van der Waals surface area contributed by atoms with Gasteiger partial charge in [-0.25, -0.2) is 14.6 Å². The first-order valence-corrected chi connectivity index (χ1v) is 15.4. The van der Waals surface area contributed by atoms with E-state index >= 15 is 0 Å². The summed E-state index contributed by atoms with van der Waals surface area (Å²) < 4.78 is 6.31. The SMILES string of the molecule is CC1=C(C)C(=O)C(C(C)(C)CC(=O)N(C)CCN(C)C(=O)Oc2ccc3nc(C4=N[C@@H](C(=O)O)CS4)sc3c2)=C(C)C1=O. The quantitative estimate of drug-likeness (QED) is 0.401. The summed E-state index contributed by atoms with van der Waals surface area (Å²) in [4.78, 5) is 74.3. The van der Waals surface area contributed by atoms with Crippen molar-refractivity contribution in [2.24, 2.45) is 10.4 Å². The highest BCUT2D eigenvalue weighted by Crippen LogP contribution is 2.39. The molecule has 2 heterocycles. The number of hydrogen-bond acceptors (Lipinski definition) is 10. The molecule has 0 saturated carbocycles. The zero-order chi connectivity index (χ0) is 31.8. The van der Waals surface area contributed by atoms with Crippen molar-refractivity contribution in [1.82, 2.24) is 14.8 Å². The third-order valence-electron chi connectivity index (χ3n) is 7.65. The number of aliphatic imine (C=N–C) groups is 1. The molecule has 1 aromatic carbocycles. The average Bonchev–Trinajstić information content (AvgIpc) is 3.60. The van der Waals surface area contributed by atoms with Gasteiger partial charge in [0.05, 0.1) is 10.2 Å². The molecular formula is C30H34N4O7S2. The van der Waals surface area contributed by atoms with E-state index in [-0.39, 0.29) is 37.0 Å². The molecule has 13 heteroatoms. The number of carbonyl (C=O) groups excluding carboxylic acids is 4. The lowest BCUT2D eigenvalue weighted by Gasteiger charge is -2.33. The van der Waals surface area contributed by atoms with Crippen LogP contribution in [0.3, 0.4) is 0 Å². The Hall–Kier alpha value is -3.84. The number of Topliss-reactive ketones (excluding diaryl/α,β-unsaturated/α-hetero) is 2. The summed E-state index contributed by atoms with van der Waals surface area (Å²) in [6.45, 7) is 8.92. The van der Waals surface area contributed by atoms with E-state index in [0.29, 0.717) is 49.4 Å². The Morgan fingerprint density at radius 3 is 2.33 bits per heavy atom. The van der Waals surface area contributed by atoms with E-state index in [0.717, 1.165) is 4.70 Å². The van der Waals surface area contributed by atoms with Gasteiger partial charge in [0.2, 0.25) is 5.91 Å². The zero-order valence-electron chi connectivity index (χ0n) is 25.1. The number of ether oxygens (including phenoxy) is 1. The molecule has 0 spiro atoms. The van der Waals surface area contributed by atoms with Crippen molar-refractivity contribution in [3.8, 4) is 5.75 Å². The third-order valence-corrected chi connectivity index (χ3v) is 9.86. The average molecular weight is 627 g/mol. The highest BCUT2D eigenvalue weighted by atomic mass is 32.2. The lowest BCUT2D eigenvalue weighted by molar-refractivity contribution is -0.137. The largest absolute Gasteiger partial charge is 0.480 e. The molecule has 2 aliphatic rings. The van der Waals surface area contributed by atoms with Gasteiger partial charge in [-0.2, -0.15) is 0 Å². The predicted molar refractivity (Wildman–Crippen MR) is 166 cm³/mol. The first-order valence-electron chi connectivity index (χ1n) is 13.6. The summed E-state index contributed by atoms with van der Waals surface area (Å²) in [6, 6.07) is 4.27. The lowest BCUT2D eigenvalue weighted by Crippen LogP contribution is -2.40. The van der Waals surface area contributed by atoms with Crippen LogP contribution in [0.4, 0.5) is 4.79 Å². The highest BCUT2D eigenvalue weighted by Gasteiger charge is 2.39. The Bertz CT molecular complexity index is 1640. The van der Waals surface area contributed by atoms with E-state index in [9.17, 15) is 29.1 Å². The van der Waals surface area contributed by atoms with Gasteiger partial charge in [-0.05, 0) is 32.9 Å². The van der Waals surface area contributed by atoms with Crippen LogP contribution >= 0.6 is 23.1 Å². The molecule has 0 fully saturated rings. The van der Waals surface area contributed by atoms with E-state index < -0.39 is 23.5 Å². The minimum atomic E-state index is -0.967. The van der Waals surface area contributed by atoms with Crippen LogP contribution in [-0.2, 0) is 19.2 Å². The van der Waals surface area contributed by atoms with Crippen LogP contribution in [-0.4, -0.2) is 93.4 Å². The van der Waals surface area contributed by atoms with Crippen molar-refractivity contribution in [2.75, 3.05) is 32.9 Å². The summed E-state index contributed by atoms with van der Waals surface area (Å²) >= 11 is 2.69. The number of rotatable bonds is 9. The van der Waals surface area contributed by atoms with Gasteiger partial charge in [-0.3, -0.25) is 19.4 Å². The highest BCUT2D eigenvalue weighted by molar-refractivity contribution is 8.15. The van der Waals surface area contributed by atoms with Gasteiger partial charge in [-0.1, -0.05) is 13.8 Å². The molecule has 11 nitrogen and oxygen atoms in total. The number of carbonyl (C=O) groups is 5. The Kier molecular flexibility index (Phi) is 9.26. The van der Waals surface area contributed by atoms with Crippen molar-refractivity contribution in [3.63, 3.8) is 0 Å². The number of carboxylic acids is 1. The number of thioether (sulfide) groups is 1. The molecule has 1 aliphatic heterocycles. The summed E-state index contributed by atoms with van der Waals surface area (Å²) in [5, 5.41) is 10.4. The Morgan fingerprint density at radius 1 is 1.02 bits per heavy atom. The number of benzene rings is 1. The molecule has 1 atom stereocenters. The fourth-order valence-corrected chi connectivity index (χ4v) is 6.97. The van der Waals surface area contributed by atoms with E-state index in [1.165, 1.54) is 32.9 Å². The monoisotopic (exact) mass is 626 g/mol. The van der Waals surface area contributed by atoms with Crippen LogP contribution in [0.15, 0.2) is 45.5 Å². The van der Waals surface area contributed by atoms with Crippen LogP contribution < -0.4 is 4.74 Å². The van der Waals surface area contributed by atoms with Gasteiger partial charge in [-0.15, -0.1) is 23.1 Å². The summed E-state index contributed by atoms with van der Waals surface area (Å²) in [7, 11) is 3.20. The number of aromatic nitrogens is 1. The minimum Gasteiger partial charge on any atom is -0.480 e. The maximum Gasteiger partial charge on any atom is 0.415 e. The Labute approximate surface area is 257 Å². The number of amides is 2. The van der Waals surface area contributed by atoms with Crippen LogP contribution in [0.1, 0.15) is 46.0 Å². The minimum absolute atomic E-state index is 0.0222. The van der Waals surface area contributed by atoms with Crippen molar-refractivity contribution < 1.29 is 33.8 Å². The van der Waals surface area contributed by atoms with Gasteiger partial charge in [0.15, 0.2) is 17.6 Å². The lowest BCUT2D eigenvalue weighted by atomic mass is 9.71. The number of thiazole rings is 1. The molecule has 0 saturated heterocycles. The predicted octanol–water partition coefficient (Wildman–Crippen LogP) is 4.35. The normalized spacial score (nSPS) is 17.5. The van der Waals surface area contributed by atoms with E-state index in [2.05, 4.69) is 9.98 Å². The fourth-order valence-electron chi connectivity index (χ4n) is 4.88. The second-order valence-electron chi connectivity index (χ2n) is 11.3. The number of carboxylic acid groups (broad SMARTS) is 1. The van der Waals surface area contributed by atoms with Crippen LogP contribution in [0.5, 0.6) is 5.75 Å². The number of allylic oxidation sites excluding steroid dienone is 4. The summed E-state index contributed by atoms with van der Waals surface area (Å²) in [5.74, 6) is -0.877. The van der Waals surface area contributed by atoms with Gasteiger partial charge in [0.25, 0.3) is 0 Å². The maximum atomic E-state index is 13.1. The molecule has 0 unspecified atom stereocenters. The summed E-state index contributed by atoms with van der Waals surface area (Å²) in [6.07, 6.45) is -0.580. The molecular weight excluding hydrogens is 592 g/mol. The molecule has 228 valence electrons. The van der Waals surface area contributed by atoms with Gasteiger partial charge < -0.3 is 19.6 Å². The molecule has 1 aromatic heterocycles. The molecule has 0 bridgehead atoms. The van der Waals surface area contributed by atoms with E-state index in [1.54, 1.807) is 66.9 Å². The molecule has 1 N–H and O–H groups in total. The van der Waals surface area contributed by atoms with E-state index in [4.69, 9.17) is 4.74 Å². The first kappa shape index (κ1) is 32.1. The third kappa shape index (κ3) is 6.72. The Balaban J connectivity index is 1.33. The Morgan fingerprint density at radius 2 is 1.67 bits per heavy atom. The van der Waals surface area contributed by atoms with Crippen molar-refractivity contribution in [1.29, 1.82) is 0 Å². The molecule has 1 aliphatic carbocycles. The van der Waals surface area contributed by atoms with Crippen molar-refractivity contribution in [2.45, 2.75) is 47.1 Å². The number of nitrogens with zero attached hydrogens (tertiary/aromatic N) is 4. The second kappa shape index (κ2) is 12.4. The van der Waals surface area contributed by atoms with Crippen LogP contribution in [0, 0.1) is 5.41 Å². The fraction of sp³-hybridized carbons (Fsp3) is 0.433. The molecule has 4 rings (SSSR count). The smallest absolute Gasteiger partial charge is 0.415 e.